The number of nitrogens with zero attached hydrogens (tertiary/aromatic N) is 2. The van der Waals surface area contributed by atoms with E-state index in [1.165, 1.54) is 29.3 Å². The highest BCUT2D eigenvalue weighted by Crippen LogP contribution is 2.33. The summed E-state index contributed by atoms with van der Waals surface area (Å²) in [4.78, 5) is 8.82. The number of aromatic nitrogens is 2. The molecule has 2 heterocycles. The van der Waals surface area contributed by atoms with Crippen LogP contribution in [0.4, 0.5) is 16.0 Å². The van der Waals surface area contributed by atoms with Gasteiger partial charge in [-0.15, -0.1) is 0 Å². The number of hydrogen-bond donors (Lipinski definition) is 2. The van der Waals surface area contributed by atoms with Crippen LogP contribution in [0.15, 0.2) is 48.7 Å². The Bertz CT molecular complexity index is 1230. The summed E-state index contributed by atoms with van der Waals surface area (Å²) in [6.07, 6.45) is 2.73. The van der Waals surface area contributed by atoms with Crippen molar-refractivity contribution in [2.24, 2.45) is 0 Å². The molecule has 3 aromatic rings. The molecule has 0 aliphatic carbocycles. The predicted octanol–water partition coefficient (Wildman–Crippen LogP) is 3.91. The molecular weight excluding hydrogens is 403 g/mol. The molecule has 0 spiro atoms. The zero-order valence-electron chi connectivity index (χ0n) is 17.0. The molecule has 1 aliphatic rings. The lowest BCUT2D eigenvalue weighted by Gasteiger charge is -2.20. The van der Waals surface area contributed by atoms with Crippen LogP contribution >= 0.6 is 0 Å². The van der Waals surface area contributed by atoms with Gasteiger partial charge < -0.3 is 10.6 Å². The van der Waals surface area contributed by atoms with Crippen LogP contribution in [0.3, 0.4) is 0 Å². The van der Waals surface area contributed by atoms with E-state index >= 15 is 0 Å². The minimum Gasteiger partial charge on any atom is -0.324 e. The smallest absolute Gasteiger partial charge is 0.227 e. The first-order valence-corrected chi connectivity index (χ1v) is 11.6. The van der Waals surface area contributed by atoms with E-state index in [1.54, 1.807) is 6.20 Å². The van der Waals surface area contributed by atoms with Gasteiger partial charge in [0.05, 0.1) is 11.4 Å². The van der Waals surface area contributed by atoms with Gasteiger partial charge in [0.15, 0.2) is 9.84 Å². The summed E-state index contributed by atoms with van der Waals surface area (Å²) < 4.78 is 37.0. The summed E-state index contributed by atoms with van der Waals surface area (Å²) in [6, 6.07) is 12.4. The summed E-state index contributed by atoms with van der Waals surface area (Å²) in [5.74, 6) is -0.578. The number of benzene rings is 2. The molecule has 0 saturated carbocycles. The van der Waals surface area contributed by atoms with E-state index in [0.29, 0.717) is 11.6 Å². The number of nitrogens with one attached hydrogen (secondary N) is 2. The molecule has 1 aromatic heterocycles. The first-order valence-electron chi connectivity index (χ1n) is 9.56. The quantitative estimate of drug-likeness (QED) is 0.644. The Labute approximate surface area is 175 Å². The Hall–Kier alpha value is -2.84. The van der Waals surface area contributed by atoms with Gasteiger partial charge in [-0.3, -0.25) is 0 Å². The average Bonchev–Trinajstić information content (AvgIpc) is 2.98. The highest BCUT2D eigenvalue weighted by Gasteiger charge is 2.29. The topological polar surface area (TPSA) is 84.0 Å². The van der Waals surface area contributed by atoms with Crippen LogP contribution < -0.4 is 10.6 Å². The molecule has 0 saturated heterocycles. The second-order valence-electron chi connectivity index (χ2n) is 8.12. The third-order valence-electron chi connectivity index (χ3n) is 5.17. The first kappa shape index (κ1) is 20.4. The molecule has 0 bridgehead atoms. The Morgan fingerprint density at radius 2 is 1.97 bits per heavy atom. The molecule has 2 aromatic carbocycles. The largest absolute Gasteiger partial charge is 0.324 e. The van der Waals surface area contributed by atoms with Crippen molar-refractivity contribution >= 4 is 21.5 Å². The minimum atomic E-state index is -3.35. The van der Waals surface area contributed by atoms with Gasteiger partial charge in [0, 0.05) is 41.4 Å². The minimum absolute atomic E-state index is 0.0937. The second kappa shape index (κ2) is 7.45. The molecule has 2 N–H and O–H groups in total. The van der Waals surface area contributed by atoms with Crippen molar-refractivity contribution in [2.45, 2.75) is 31.7 Å². The summed E-state index contributed by atoms with van der Waals surface area (Å²) in [5, 5.41) is 6.53. The molecule has 0 amide bonds. The highest BCUT2D eigenvalue weighted by atomic mass is 32.2. The third kappa shape index (κ3) is 4.34. The molecule has 4 rings (SSSR count). The van der Waals surface area contributed by atoms with Crippen molar-refractivity contribution in [2.75, 3.05) is 11.6 Å². The van der Waals surface area contributed by atoms with E-state index in [4.69, 9.17) is 0 Å². The zero-order chi connectivity index (χ0) is 21.5. The Morgan fingerprint density at radius 3 is 2.73 bits per heavy atom. The van der Waals surface area contributed by atoms with Crippen molar-refractivity contribution < 1.29 is 12.8 Å². The van der Waals surface area contributed by atoms with Crippen LogP contribution in [0.5, 0.6) is 0 Å². The fourth-order valence-electron chi connectivity index (χ4n) is 3.64. The summed E-state index contributed by atoms with van der Waals surface area (Å²) >= 11 is 0. The van der Waals surface area contributed by atoms with Gasteiger partial charge in [-0.2, -0.15) is 0 Å². The first-order chi connectivity index (χ1) is 14.1. The van der Waals surface area contributed by atoms with Gasteiger partial charge in [-0.1, -0.05) is 12.1 Å². The number of anilines is 2. The Morgan fingerprint density at radius 1 is 1.17 bits per heavy atom. The second-order valence-corrected chi connectivity index (χ2v) is 10.3. The molecule has 1 aliphatic heterocycles. The van der Waals surface area contributed by atoms with Crippen molar-refractivity contribution in [3.8, 4) is 11.3 Å². The van der Waals surface area contributed by atoms with Gasteiger partial charge in [0.1, 0.15) is 5.82 Å². The van der Waals surface area contributed by atoms with Crippen LogP contribution in [-0.4, -0.2) is 24.6 Å². The van der Waals surface area contributed by atoms with E-state index in [-0.39, 0.29) is 16.9 Å². The molecule has 156 valence electrons. The molecule has 0 atom stereocenters. The van der Waals surface area contributed by atoms with Gasteiger partial charge in [-0.25, -0.2) is 22.8 Å². The molecule has 0 radical (unpaired) electrons. The van der Waals surface area contributed by atoms with Crippen molar-refractivity contribution in [1.82, 2.24) is 15.3 Å². The zero-order valence-corrected chi connectivity index (χ0v) is 17.8. The van der Waals surface area contributed by atoms with Crippen LogP contribution in [-0.2, 0) is 27.7 Å². The van der Waals surface area contributed by atoms with E-state index in [1.807, 2.05) is 12.1 Å². The van der Waals surface area contributed by atoms with Crippen molar-refractivity contribution in [3.05, 3.63) is 71.2 Å². The third-order valence-corrected chi connectivity index (χ3v) is 6.01. The maximum absolute atomic E-state index is 14.0. The lowest BCUT2D eigenvalue weighted by Crippen LogP contribution is -2.28. The molecule has 0 unspecified atom stereocenters. The number of hydrogen-bond acceptors (Lipinski definition) is 6. The van der Waals surface area contributed by atoms with Crippen LogP contribution in [0.1, 0.15) is 30.5 Å². The number of fused-ring (bicyclic) bond motifs is 1. The lowest BCUT2D eigenvalue weighted by molar-refractivity contribution is 0.443. The SMILES string of the molecule is CC1(C)NCc2ccc(-c3ccnc(Nc4ccc(F)c(CS(C)(=O)=O)c4)n3)cc21. The van der Waals surface area contributed by atoms with E-state index in [2.05, 4.69) is 46.6 Å². The number of sulfone groups is 1. The summed E-state index contributed by atoms with van der Waals surface area (Å²) in [6.45, 7) is 5.15. The van der Waals surface area contributed by atoms with E-state index in [9.17, 15) is 12.8 Å². The average molecular weight is 427 g/mol. The van der Waals surface area contributed by atoms with Gasteiger partial charge in [0.25, 0.3) is 0 Å². The molecule has 30 heavy (non-hydrogen) atoms. The maximum atomic E-state index is 14.0. The standard InChI is InChI=1S/C22H23FN4O2S/c1-22(2)18-11-14(4-5-15(18)12-25-22)20-8-9-24-21(27-20)26-17-6-7-19(23)16(10-17)13-30(3,28)29/h4-11,25H,12-13H2,1-3H3,(H,24,26,27). The maximum Gasteiger partial charge on any atom is 0.227 e. The van der Waals surface area contributed by atoms with Crippen LogP contribution in [0.25, 0.3) is 11.3 Å². The monoisotopic (exact) mass is 426 g/mol. The molecular formula is C22H23FN4O2S. The van der Waals surface area contributed by atoms with E-state index < -0.39 is 15.7 Å². The van der Waals surface area contributed by atoms with Gasteiger partial charge in [0.2, 0.25) is 5.95 Å². The molecule has 6 nitrogen and oxygen atoms in total. The van der Waals surface area contributed by atoms with Gasteiger partial charge in [-0.05, 0) is 55.3 Å². The molecule has 0 fully saturated rings. The normalized spacial score (nSPS) is 15.1. The van der Waals surface area contributed by atoms with E-state index in [0.717, 1.165) is 24.1 Å². The summed E-state index contributed by atoms with van der Waals surface area (Å²) in [7, 11) is -3.35. The summed E-state index contributed by atoms with van der Waals surface area (Å²) in [5.41, 5.74) is 4.80. The molecule has 8 heteroatoms. The van der Waals surface area contributed by atoms with Gasteiger partial charge >= 0.3 is 0 Å². The highest BCUT2D eigenvalue weighted by molar-refractivity contribution is 7.89. The Kier molecular flexibility index (Phi) is 5.07. The Balaban J connectivity index is 1.62. The van der Waals surface area contributed by atoms with Crippen LogP contribution in [0, 0.1) is 5.82 Å². The van der Waals surface area contributed by atoms with Crippen LogP contribution in [0.2, 0.25) is 0 Å². The number of halogens is 1. The fraction of sp³-hybridized carbons (Fsp3) is 0.273. The predicted molar refractivity (Wildman–Crippen MR) is 116 cm³/mol. The fourth-order valence-corrected chi connectivity index (χ4v) is 4.42. The van der Waals surface area contributed by atoms with Crippen molar-refractivity contribution in [3.63, 3.8) is 0 Å². The number of rotatable bonds is 5. The lowest BCUT2D eigenvalue weighted by atomic mass is 9.92. The van der Waals surface area contributed by atoms with Crippen molar-refractivity contribution in [1.29, 1.82) is 0 Å².